The molecule has 1 aromatic rings. The Bertz CT molecular complexity index is 399. The Morgan fingerprint density at radius 1 is 1.42 bits per heavy atom. The predicted molar refractivity (Wildman–Crippen MR) is 80.5 cm³/mol. The van der Waals surface area contributed by atoms with E-state index in [1.807, 2.05) is 24.3 Å². The van der Waals surface area contributed by atoms with Crippen molar-refractivity contribution in [1.29, 1.82) is 0 Å². The first-order chi connectivity index (χ1) is 9.16. The molecule has 1 saturated heterocycles. The quantitative estimate of drug-likeness (QED) is 0.902. The molecule has 2 atom stereocenters. The number of hydrogen-bond acceptors (Lipinski definition) is 3. The standard InChI is InChI=1S/C15H22BrNO2/c1-12-6-4-5-9-17(12)10-13(18)11-19-15-8-3-2-7-14(15)16/h2-3,7-8,12-13,18H,4-6,9-11H2,1H3/t12-,13+/m1/s1. The van der Waals surface area contributed by atoms with Gasteiger partial charge in [0.1, 0.15) is 18.5 Å². The summed E-state index contributed by atoms with van der Waals surface area (Å²) in [7, 11) is 0. The number of likely N-dealkylation sites (tertiary alicyclic amines) is 1. The number of β-amino-alcohol motifs (C(OH)–C–C–N with tert-alkyl or cyclic N) is 1. The molecule has 0 saturated carbocycles. The zero-order chi connectivity index (χ0) is 13.7. The Morgan fingerprint density at radius 3 is 2.95 bits per heavy atom. The molecule has 19 heavy (non-hydrogen) atoms. The van der Waals surface area contributed by atoms with Crippen LogP contribution in [0.4, 0.5) is 0 Å². The number of rotatable bonds is 5. The van der Waals surface area contributed by atoms with Gasteiger partial charge >= 0.3 is 0 Å². The van der Waals surface area contributed by atoms with E-state index in [2.05, 4.69) is 27.8 Å². The van der Waals surface area contributed by atoms with Crippen LogP contribution >= 0.6 is 15.9 Å². The fraction of sp³-hybridized carbons (Fsp3) is 0.600. The lowest BCUT2D eigenvalue weighted by molar-refractivity contribution is 0.0436. The lowest BCUT2D eigenvalue weighted by Gasteiger charge is -2.34. The molecule has 0 radical (unpaired) electrons. The van der Waals surface area contributed by atoms with Crippen LogP contribution in [0.15, 0.2) is 28.7 Å². The highest BCUT2D eigenvalue weighted by Gasteiger charge is 2.21. The molecule has 0 aliphatic carbocycles. The van der Waals surface area contributed by atoms with Crippen LogP contribution in [0.25, 0.3) is 0 Å². The van der Waals surface area contributed by atoms with Crippen molar-refractivity contribution in [3.05, 3.63) is 28.7 Å². The van der Waals surface area contributed by atoms with Crippen molar-refractivity contribution in [2.24, 2.45) is 0 Å². The normalized spacial score (nSPS) is 22.2. The van der Waals surface area contributed by atoms with E-state index in [4.69, 9.17) is 4.74 Å². The minimum absolute atomic E-state index is 0.339. The molecule has 106 valence electrons. The van der Waals surface area contributed by atoms with Gasteiger partial charge in [0.2, 0.25) is 0 Å². The third kappa shape index (κ3) is 4.48. The van der Waals surface area contributed by atoms with Crippen LogP contribution in [-0.2, 0) is 0 Å². The number of piperidine rings is 1. The summed E-state index contributed by atoms with van der Waals surface area (Å²) >= 11 is 3.44. The topological polar surface area (TPSA) is 32.7 Å². The van der Waals surface area contributed by atoms with Gasteiger partial charge in [-0.25, -0.2) is 0 Å². The molecule has 1 heterocycles. The van der Waals surface area contributed by atoms with Gasteiger partial charge in [-0.05, 0) is 54.4 Å². The second-order valence-electron chi connectivity index (χ2n) is 5.23. The Hall–Kier alpha value is -0.580. The SMILES string of the molecule is C[C@@H]1CCCCN1C[C@H](O)COc1ccccc1Br. The first kappa shape index (κ1) is 14.8. The second-order valence-corrected chi connectivity index (χ2v) is 6.09. The zero-order valence-electron chi connectivity index (χ0n) is 11.4. The van der Waals surface area contributed by atoms with Crippen molar-refractivity contribution in [3.63, 3.8) is 0 Å². The van der Waals surface area contributed by atoms with E-state index in [0.29, 0.717) is 19.2 Å². The van der Waals surface area contributed by atoms with E-state index in [0.717, 1.165) is 16.8 Å². The Balaban J connectivity index is 1.78. The van der Waals surface area contributed by atoms with Crippen molar-refractivity contribution in [2.75, 3.05) is 19.7 Å². The molecule has 1 fully saturated rings. The van der Waals surface area contributed by atoms with Gasteiger partial charge in [-0.15, -0.1) is 0 Å². The molecule has 0 unspecified atom stereocenters. The molecule has 0 amide bonds. The van der Waals surface area contributed by atoms with Gasteiger partial charge in [0, 0.05) is 12.6 Å². The van der Waals surface area contributed by atoms with Crippen molar-refractivity contribution >= 4 is 15.9 Å². The van der Waals surface area contributed by atoms with Crippen LogP contribution in [0.2, 0.25) is 0 Å². The number of halogens is 1. The van der Waals surface area contributed by atoms with Gasteiger partial charge in [0.25, 0.3) is 0 Å². The maximum atomic E-state index is 10.1. The molecule has 4 heteroatoms. The monoisotopic (exact) mass is 327 g/mol. The number of nitrogens with zero attached hydrogens (tertiary/aromatic N) is 1. The maximum Gasteiger partial charge on any atom is 0.133 e. The van der Waals surface area contributed by atoms with Gasteiger partial charge in [-0.1, -0.05) is 18.6 Å². The molecule has 0 aromatic heterocycles. The molecule has 1 N–H and O–H groups in total. The van der Waals surface area contributed by atoms with Crippen LogP contribution < -0.4 is 4.74 Å². The predicted octanol–water partition coefficient (Wildman–Crippen LogP) is 3.06. The van der Waals surface area contributed by atoms with Gasteiger partial charge < -0.3 is 9.84 Å². The van der Waals surface area contributed by atoms with Gasteiger partial charge in [0.05, 0.1) is 4.47 Å². The van der Waals surface area contributed by atoms with Crippen molar-refractivity contribution in [2.45, 2.75) is 38.3 Å². The number of benzene rings is 1. The van der Waals surface area contributed by atoms with Crippen molar-refractivity contribution < 1.29 is 9.84 Å². The molecule has 1 aliphatic rings. The molecule has 1 aliphatic heterocycles. The minimum atomic E-state index is -0.437. The number of aliphatic hydroxyl groups excluding tert-OH is 1. The maximum absolute atomic E-state index is 10.1. The van der Waals surface area contributed by atoms with Crippen LogP contribution in [-0.4, -0.2) is 41.8 Å². The van der Waals surface area contributed by atoms with Crippen LogP contribution in [0.1, 0.15) is 26.2 Å². The molecular weight excluding hydrogens is 306 g/mol. The summed E-state index contributed by atoms with van der Waals surface area (Å²) in [5, 5.41) is 10.1. The summed E-state index contributed by atoms with van der Waals surface area (Å²) in [6.45, 7) is 4.37. The van der Waals surface area contributed by atoms with Crippen molar-refractivity contribution in [1.82, 2.24) is 4.90 Å². The third-order valence-electron chi connectivity index (χ3n) is 3.65. The molecule has 1 aromatic carbocycles. The molecular formula is C15H22BrNO2. The minimum Gasteiger partial charge on any atom is -0.490 e. The zero-order valence-corrected chi connectivity index (χ0v) is 13.0. The van der Waals surface area contributed by atoms with Crippen LogP contribution in [0.3, 0.4) is 0 Å². The fourth-order valence-corrected chi connectivity index (χ4v) is 2.90. The lowest BCUT2D eigenvalue weighted by Crippen LogP contribution is -2.43. The summed E-state index contributed by atoms with van der Waals surface area (Å²) in [5.41, 5.74) is 0. The summed E-state index contributed by atoms with van der Waals surface area (Å²) in [5.74, 6) is 0.785. The van der Waals surface area contributed by atoms with Crippen LogP contribution in [0, 0.1) is 0 Å². The highest BCUT2D eigenvalue weighted by atomic mass is 79.9. The van der Waals surface area contributed by atoms with Gasteiger partial charge in [-0.3, -0.25) is 4.90 Å². The van der Waals surface area contributed by atoms with E-state index >= 15 is 0 Å². The average Bonchev–Trinajstić information content (AvgIpc) is 2.40. The summed E-state index contributed by atoms with van der Waals surface area (Å²) in [4.78, 5) is 2.36. The van der Waals surface area contributed by atoms with Gasteiger partial charge in [0.15, 0.2) is 0 Å². The third-order valence-corrected chi connectivity index (χ3v) is 4.31. The number of ether oxygens (including phenoxy) is 1. The van der Waals surface area contributed by atoms with E-state index in [-0.39, 0.29) is 0 Å². The summed E-state index contributed by atoms with van der Waals surface area (Å²) in [6, 6.07) is 8.29. The average molecular weight is 328 g/mol. The second kappa shape index (κ2) is 7.27. The summed E-state index contributed by atoms with van der Waals surface area (Å²) in [6.07, 6.45) is 3.34. The van der Waals surface area contributed by atoms with Gasteiger partial charge in [-0.2, -0.15) is 0 Å². The van der Waals surface area contributed by atoms with E-state index in [9.17, 15) is 5.11 Å². The number of para-hydroxylation sites is 1. The van der Waals surface area contributed by atoms with E-state index in [1.165, 1.54) is 19.3 Å². The largest absolute Gasteiger partial charge is 0.490 e. The first-order valence-electron chi connectivity index (χ1n) is 6.96. The fourth-order valence-electron chi connectivity index (χ4n) is 2.50. The summed E-state index contributed by atoms with van der Waals surface area (Å²) < 4.78 is 6.58. The Labute approximate surface area is 123 Å². The molecule has 0 spiro atoms. The highest BCUT2D eigenvalue weighted by Crippen LogP contribution is 2.24. The lowest BCUT2D eigenvalue weighted by atomic mass is 10.0. The first-order valence-corrected chi connectivity index (χ1v) is 7.75. The molecule has 2 rings (SSSR count). The Kier molecular flexibility index (Phi) is 5.67. The number of aliphatic hydroxyl groups is 1. The smallest absolute Gasteiger partial charge is 0.133 e. The van der Waals surface area contributed by atoms with Crippen LogP contribution in [0.5, 0.6) is 5.75 Å². The molecule has 0 bridgehead atoms. The van der Waals surface area contributed by atoms with Crippen molar-refractivity contribution in [3.8, 4) is 5.75 Å². The highest BCUT2D eigenvalue weighted by molar-refractivity contribution is 9.10. The molecule has 3 nitrogen and oxygen atoms in total. The van der Waals surface area contributed by atoms with E-state index in [1.54, 1.807) is 0 Å². The number of hydrogen-bond donors (Lipinski definition) is 1. The Morgan fingerprint density at radius 2 is 2.21 bits per heavy atom. The van der Waals surface area contributed by atoms with E-state index < -0.39 is 6.10 Å².